The molecule has 0 amide bonds. The van der Waals surface area contributed by atoms with E-state index in [-0.39, 0.29) is 0 Å². The zero-order valence-corrected chi connectivity index (χ0v) is 11.6. The van der Waals surface area contributed by atoms with E-state index in [1.165, 1.54) is 6.42 Å². The number of rotatable bonds is 4. The van der Waals surface area contributed by atoms with Gasteiger partial charge in [0.05, 0.1) is 5.69 Å². The van der Waals surface area contributed by atoms with Crippen LogP contribution in [0.2, 0.25) is 0 Å². The van der Waals surface area contributed by atoms with Crippen LogP contribution in [0.4, 0.5) is 0 Å². The number of hydrogen-bond acceptors (Lipinski definition) is 3. The van der Waals surface area contributed by atoms with Crippen LogP contribution in [0.15, 0.2) is 12.3 Å². The number of aliphatic hydroxyl groups is 1. The lowest BCUT2D eigenvalue weighted by Crippen LogP contribution is -2.31. The van der Waals surface area contributed by atoms with E-state index in [0.29, 0.717) is 0 Å². The second-order valence-corrected chi connectivity index (χ2v) is 5.26. The third kappa shape index (κ3) is 2.75. The monoisotopic (exact) mass is 251 g/mol. The first-order valence-electron chi connectivity index (χ1n) is 7.16. The van der Waals surface area contributed by atoms with Gasteiger partial charge < -0.3 is 10.0 Å². The van der Waals surface area contributed by atoms with Gasteiger partial charge in [-0.3, -0.25) is 4.68 Å². The molecular formula is C14H25N3O. The number of aryl methyl sites for hydroxylation is 1. The predicted molar refractivity (Wildman–Crippen MR) is 72.4 cm³/mol. The number of hydrogen-bond donors (Lipinski definition) is 1. The fraction of sp³-hybridized carbons (Fsp3) is 0.786. The first-order chi connectivity index (χ1) is 8.69. The largest absolute Gasteiger partial charge is 0.384 e. The minimum atomic E-state index is -0.686. The molecule has 0 saturated carbocycles. The van der Waals surface area contributed by atoms with Gasteiger partial charge in [0.2, 0.25) is 0 Å². The fourth-order valence-electron chi connectivity index (χ4n) is 2.95. The van der Waals surface area contributed by atoms with E-state index in [4.69, 9.17) is 0 Å². The van der Waals surface area contributed by atoms with Gasteiger partial charge in [-0.15, -0.1) is 0 Å². The molecule has 18 heavy (non-hydrogen) atoms. The van der Waals surface area contributed by atoms with Gasteiger partial charge in [0, 0.05) is 19.3 Å². The first-order valence-corrected chi connectivity index (χ1v) is 7.16. The van der Waals surface area contributed by atoms with Gasteiger partial charge in [0.15, 0.2) is 0 Å². The summed E-state index contributed by atoms with van der Waals surface area (Å²) in [5.41, 5.74) is 0.304. The molecule has 1 atom stereocenters. The Bertz CT molecular complexity index is 377. The van der Waals surface area contributed by atoms with Gasteiger partial charge in [0.1, 0.15) is 5.60 Å². The van der Waals surface area contributed by atoms with Gasteiger partial charge >= 0.3 is 0 Å². The van der Waals surface area contributed by atoms with E-state index in [9.17, 15) is 5.11 Å². The summed E-state index contributed by atoms with van der Waals surface area (Å²) in [5, 5.41) is 15.2. The van der Waals surface area contributed by atoms with Gasteiger partial charge in [-0.1, -0.05) is 6.92 Å². The third-order valence-corrected chi connectivity index (χ3v) is 3.94. The Morgan fingerprint density at radius 2 is 2.17 bits per heavy atom. The molecule has 1 aliphatic rings. The Labute approximate surface area is 110 Å². The van der Waals surface area contributed by atoms with Crippen LogP contribution < -0.4 is 0 Å². The van der Waals surface area contributed by atoms with Crippen molar-refractivity contribution in [1.82, 2.24) is 14.7 Å². The molecule has 0 bridgehead atoms. The molecule has 1 aromatic rings. The van der Waals surface area contributed by atoms with Crippen LogP contribution in [0.5, 0.6) is 0 Å². The average molecular weight is 251 g/mol. The minimum Gasteiger partial charge on any atom is -0.384 e. The molecule has 1 saturated heterocycles. The summed E-state index contributed by atoms with van der Waals surface area (Å²) in [5.74, 6) is 0. The molecule has 1 unspecified atom stereocenters. The molecule has 4 heteroatoms. The standard InChI is InChI=1S/C14H25N3O/c1-3-10-16-11-5-7-14(18,8-12-16)13-6-9-15-17(13)4-2/h6,9,18H,3-5,7-8,10-12H2,1-2H3. The highest BCUT2D eigenvalue weighted by Crippen LogP contribution is 2.32. The summed E-state index contributed by atoms with van der Waals surface area (Å²) >= 11 is 0. The zero-order valence-electron chi connectivity index (χ0n) is 11.6. The molecule has 0 radical (unpaired) electrons. The normalized spacial score (nSPS) is 26.2. The van der Waals surface area contributed by atoms with Gasteiger partial charge in [0.25, 0.3) is 0 Å². The van der Waals surface area contributed by atoms with Crippen LogP contribution in [0.1, 0.15) is 45.2 Å². The van der Waals surface area contributed by atoms with E-state index < -0.39 is 5.60 Å². The summed E-state index contributed by atoms with van der Waals surface area (Å²) in [6.07, 6.45) is 5.71. The highest BCUT2D eigenvalue weighted by Gasteiger charge is 2.34. The molecule has 1 aromatic heterocycles. The van der Waals surface area contributed by atoms with Crippen molar-refractivity contribution in [3.63, 3.8) is 0 Å². The van der Waals surface area contributed by atoms with Crippen molar-refractivity contribution in [3.05, 3.63) is 18.0 Å². The Balaban J connectivity index is 2.11. The second kappa shape index (κ2) is 5.85. The molecule has 0 aromatic carbocycles. The van der Waals surface area contributed by atoms with Gasteiger partial charge in [-0.2, -0.15) is 5.10 Å². The molecule has 2 heterocycles. The van der Waals surface area contributed by atoms with Crippen molar-refractivity contribution >= 4 is 0 Å². The Kier molecular flexibility index (Phi) is 4.40. The SMILES string of the molecule is CCCN1CCCC(O)(c2ccnn2CC)CC1. The van der Waals surface area contributed by atoms with Crippen LogP contribution in [0.3, 0.4) is 0 Å². The van der Waals surface area contributed by atoms with Crippen LogP contribution in [0.25, 0.3) is 0 Å². The van der Waals surface area contributed by atoms with Crippen LogP contribution in [-0.4, -0.2) is 39.4 Å². The van der Waals surface area contributed by atoms with E-state index >= 15 is 0 Å². The van der Waals surface area contributed by atoms with E-state index in [1.807, 2.05) is 10.7 Å². The molecule has 2 rings (SSSR count). The summed E-state index contributed by atoms with van der Waals surface area (Å²) in [6.45, 7) is 8.34. The molecule has 102 valence electrons. The van der Waals surface area contributed by atoms with Crippen molar-refractivity contribution in [2.45, 2.75) is 51.7 Å². The van der Waals surface area contributed by atoms with E-state index in [1.54, 1.807) is 6.20 Å². The maximum atomic E-state index is 10.9. The quantitative estimate of drug-likeness (QED) is 0.889. The number of nitrogens with zero attached hydrogens (tertiary/aromatic N) is 3. The fourth-order valence-corrected chi connectivity index (χ4v) is 2.95. The van der Waals surface area contributed by atoms with E-state index in [2.05, 4.69) is 23.8 Å². The lowest BCUT2D eigenvalue weighted by atomic mass is 9.91. The molecule has 1 N–H and O–H groups in total. The first kappa shape index (κ1) is 13.6. The second-order valence-electron chi connectivity index (χ2n) is 5.26. The maximum absolute atomic E-state index is 10.9. The molecular weight excluding hydrogens is 226 g/mol. The Morgan fingerprint density at radius 3 is 2.89 bits per heavy atom. The highest BCUT2D eigenvalue weighted by molar-refractivity contribution is 5.12. The zero-order chi connectivity index (χ0) is 13.0. The smallest absolute Gasteiger partial charge is 0.107 e. The van der Waals surface area contributed by atoms with Crippen molar-refractivity contribution in [3.8, 4) is 0 Å². The highest BCUT2D eigenvalue weighted by atomic mass is 16.3. The van der Waals surface area contributed by atoms with Gasteiger partial charge in [-0.05, 0) is 51.8 Å². The predicted octanol–water partition coefficient (Wildman–Crippen LogP) is 1.99. The summed E-state index contributed by atoms with van der Waals surface area (Å²) in [7, 11) is 0. The van der Waals surface area contributed by atoms with Crippen LogP contribution in [0, 0.1) is 0 Å². The summed E-state index contributed by atoms with van der Waals surface area (Å²) in [4.78, 5) is 2.46. The molecule has 0 spiro atoms. The van der Waals surface area contributed by atoms with Gasteiger partial charge in [-0.25, -0.2) is 0 Å². The van der Waals surface area contributed by atoms with Crippen molar-refractivity contribution < 1.29 is 5.11 Å². The lowest BCUT2D eigenvalue weighted by molar-refractivity contribution is 0.0126. The molecule has 4 nitrogen and oxygen atoms in total. The Hall–Kier alpha value is -0.870. The average Bonchev–Trinajstić information content (AvgIpc) is 2.77. The van der Waals surface area contributed by atoms with E-state index in [0.717, 1.165) is 51.1 Å². The molecule has 1 aliphatic heterocycles. The van der Waals surface area contributed by atoms with Crippen LogP contribution >= 0.6 is 0 Å². The minimum absolute atomic E-state index is 0.686. The summed E-state index contributed by atoms with van der Waals surface area (Å²) in [6, 6.07) is 1.97. The van der Waals surface area contributed by atoms with Crippen molar-refractivity contribution in [2.75, 3.05) is 19.6 Å². The van der Waals surface area contributed by atoms with Crippen molar-refractivity contribution in [2.24, 2.45) is 0 Å². The topological polar surface area (TPSA) is 41.3 Å². The molecule has 0 aliphatic carbocycles. The lowest BCUT2D eigenvalue weighted by Gasteiger charge is -2.27. The number of aromatic nitrogens is 2. The Morgan fingerprint density at radius 1 is 1.33 bits per heavy atom. The summed E-state index contributed by atoms with van der Waals surface area (Å²) < 4.78 is 1.93. The molecule has 1 fully saturated rings. The number of likely N-dealkylation sites (tertiary alicyclic amines) is 1. The van der Waals surface area contributed by atoms with Crippen molar-refractivity contribution in [1.29, 1.82) is 0 Å². The van der Waals surface area contributed by atoms with Crippen LogP contribution in [-0.2, 0) is 12.1 Å². The maximum Gasteiger partial charge on any atom is 0.107 e. The third-order valence-electron chi connectivity index (χ3n) is 3.94.